The minimum atomic E-state index is 0. The first-order valence-corrected chi connectivity index (χ1v) is 5.93. The quantitative estimate of drug-likeness (QED) is 0.731. The molecule has 1 heterocycles. The van der Waals surface area contributed by atoms with Gasteiger partial charge in [-0.15, -0.1) is 12.4 Å². The van der Waals surface area contributed by atoms with Crippen LogP contribution in [0.2, 0.25) is 0 Å². The monoisotopic (exact) mass is 247 g/mol. The van der Waals surface area contributed by atoms with Gasteiger partial charge in [0.25, 0.3) is 0 Å². The van der Waals surface area contributed by atoms with E-state index in [-0.39, 0.29) is 18.3 Å². The maximum absolute atomic E-state index is 11.6. The van der Waals surface area contributed by atoms with Crippen molar-refractivity contribution in [3.05, 3.63) is 0 Å². The molecular formula is C11H22ClN3O. The Bertz CT molecular complexity index is 227. The summed E-state index contributed by atoms with van der Waals surface area (Å²) in [5.74, 6) is 0.948. The van der Waals surface area contributed by atoms with E-state index in [1.807, 2.05) is 7.05 Å². The summed E-state index contributed by atoms with van der Waals surface area (Å²) in [6.45, 7) is 3.53. The Balaban J connectivity index is 0.00000128. The lowest BCUT2D eigenvalue weighted by atomic mass is 10.2. The van der Waals surface area contributed by atoms with E-state index in [1.54, 1.807) is 0 Å². The topological polar surface area (TPSA) is 44.4 Å². The lowest BCUT2D eigenvalue weighted by molar-refractivity contribution is -0.122. The molecule has 94 valence electrons. The van der Waals surface area contributed by atoms with Gasteiger partial charge in [0.1, 0.15) is 0 Å². The summed E-state index contributed by atoms with van der Waals surface area (Å²) < 4.78 is 0. The second kappa shape index (κ2) is 6.42. The maximum atomic E-state index is 11.6. The van der Waals surface area contributed by atoms with Gasteiger partial charge in [0.15, 0.2) is 0 Å². The van der Waals surface area contributed by atoms with Gasteiger partial charge < -0.3 is 10.6 Å². The molecule has 0 radical (unpaired) electrons. The van der Waals surface area contributed by atoms with Crippen LogP contribution in [0.3, 0.4) is 0 Å². The van der Waals surface area contributed by atoms with E-state index >= 15 is 0 Å². The Morgan fingerprint density at radius 1 is 1.44 bits per heavy atom. The number of nitrogens with one attached hydrogen (secondary N) is 2. The van der Waals surface area contributed by atoms with Crippen LogP contribution in [-0.2, 0) is 4.79 Å². The molecule has 2 aliphatic rings. The molecule has 0 aromatic carbocycles. The van der Waals surface area contributed by atoms with Crippen molar-refractivity contribution in [2.24, 2.45) is 5.92 Å². The third-order valence-electron chi connectivity index (χ3n) is 3.34. The minimum absolute atomic E-state index is 0. The van der Waals surface area contributed by atoms with Gasteiger partial charge in [-0.3, -0.25) is 9.69 Å². The predicted octanol–water partition coefficient (Wildman–Crippen LogP) is 0.228. The molecular weight excluding hydrogens is 226 g/mol. The van der Waals surface area contributed by atoms with E-state index in [2.05, 4.69) is 15.5 Å². The van der Waals surface area contributed by atoms with Crippen molar-refractivity contribution in [3.63, 3.8) is 0 Å². The Morgan fingerprint density at radius 3 is 2.75 bits per heavy atom. The average Bonchev–Trinajstić information content (AvgIpc) is 2.87. The molecule has 0 bridgehead atoms. The lowest BCUT2D eigenvalue weighted by Crippen LogP contribution is -2.41. The average molecular weight is 248 g/mol. The summed E-state index contributed by atoms with van der Waals surface area (Å²) in [4.78, 5) is 13.7. The number of carbonyl (C=O) groups excluding carboxylic acids is 1. The molecule has 1 saturated carbocycles. The zero-order valence-electron chi connectivity index (χ0n) is 9.87. The SMILES string of the molecule is CN(CC(=O)NCC1CC1)C1CCNC1.Cl. The number of amides is 1. The molecule has 2 rings (SSSR count). The number of rotatable bonds is 5. The van der Waals surface area contributed by atoms with Gasteiger partial charge in [-0.2, -0.15) is 0 Å². The van der Waals surface area contributed by atoms with E-state index in [0.717, 1.165) is 32.0 Å². The summed E-state index contributed by atoms with van der Waals surface area (Å²) in [6, 6.07) is 0.539. The number of halogens is 1. The predicted molar refractivity (Wildman–Crippen MR) is 66.9 cm³/mol. The normalized spacial score (nSPS) is 24.2. The van der Waals surface area contributed by atoms with Crippen LogP contribution in [0.1, 0.15) is 19.3 Å². The molecule has 1 amide bonds. The van der Waals surface area contributed by atoms with Crippen LogP contribution in [0, 0.1) is 5.92 Å². The van der Waals surface area contributed by atoms with E-state index in [1.165, 1.54) is 12.8 Å². The van der Waals surface area contributed by atoms with Gasteiger partial charge in [-0.25, -0.2) is 0 Å². The van der Waals surface area contributed by atoms with Gasteiger partial charge in [0.2, 0.25) is 5.91 Å². The molecule has 0 spiro atoms. The molecule has 1 atom stereocenters. The Labute approximate surface area is 104 Å². The second-order valence-corrected chi connectivity index (χ2v) is 4.81. The zero-order valence-corrected chi connectivity index (χ0v) is 10.7. The van der Waals surface area contributed by atoms with Crippen LogP contribution in [0.25, 0.3) is 0 Å². The van der Waals surface area contributed by atoms with Crippen molar-refractivity contribution in [2.45, 2.75) is 25.3 Å². The summed E-state index contributed by atoms with van der Waals surface area (Å²) in [7, 11) is 2.04. The first-order valence-electron chi connectivity index (χ1n) is 5.93. The molecule has 2 N–H and O–H groups in total. The Morgan fingerprint density at radius 2 is 2.19 bits per heavy atom. The maximum Gasteiger partial charge on any atom is 0.234 e. The van der Waals surface area contributed by atoms with Crippen LogP contribution in [0.15, 0.2) is 0 Å². The van der Waals surface area contributed by atoms with Crippen LogP contribution < -0.4 is 10.6 Å². The molecule has 1 aliphatic carbocycles. The van der Waals surface area contributed by atoms with Crippen LogP contribution in [0.5, 0.6) is 0 Å². The van der Waals surface area contributed by atoms with E-state index in [9.17, 15) is 4.79 Å². The molecule has 1 unspecified atom stereocenters. The highest BCUT2D eigenvalue weighted by Gasteiger charge is 2.23. The fraction of sp³-hybridized carbons (Fsp3) is 0.909. The van der Waals surface area contributed by atoms with Gasteiger partial charge in [0, 0.05) is 19.1 Å². The molecule has 1 aliphatic heterocycles. The van der Waals surface area contributed by atoms with Gasteiger partial charge in [0.05, 0.1) is 6.54 Å². The summed E-state index contributed by atoms with van der Waals surface area (Å²) in [5, 5.41) is 6.31. The zero-order chi connectivity index (χ0) is 10.7. The summed E-state index contributed by atoms with van der Waals surface area (Å²) in [6.07, 6.45) is 3.75. The number of nitrogens with zero attached hydrogens (tertiary/aromatic N) is 1. The third-order valence-corrected chi connectivity index (χ3v) is 3.34. The number of carbonyl (C=O) groups is 1. The van der Waals surface area contributed by atoms with Crippen molar-refractivity contribution >= 4 is 18.3 Å². The Hall–Kier alpha value is -0.320. The fourth-order valence-electron chi connectivity index (χ4n) is 2.01. The standard InChI is InChI=1S/C11H21N3O.ClH/c1-14(10-4-5-12-7-10)8-11(15)13-6-9-2-3-9;/h9-10,12H,2-8H2,1H3,(H,13,15);1H. The van der Waals surface area contributed by atoms with Crippen molar-refractivity contribution in [3.8, 4) is 0 Å². The third kappa shape index (κ3) is 4.28. The summed E-state index contributed by atoms with van der Waals surface area (Å²) in [5.41, 5.74) is 0. The number of hydrogen-bond acceptors (Lipinski definition) is 3. The van der Waals surface area contributed by atoms with Crippen molar-refractivity contribution < 1.29 is 4.79 Å². The largest absolute Gasteiger partial charge is 0.355 e. The highest BCUT2D eigenvalue weighted by Crippen LogP contribution is 2.27. The van der Waals surface area contributed by atoms with Crippen molar-refractivity contribution in [2.75, 3.05) is 33.2 Å². The lowest BCUT2D eigenvalue weighted by Gasteiger charge is -2.22. The van der Waals surface area contributed by atoms with Crippen molar-refractivity contribution in [1.29, 1.82) is 0 Å². The molecule has 0 aromatic heterocycles. The molecule has 2 fully saturated rings. The van der Waals surface area contributed by atoms with Crippen LogP contribution >= 0.6 is 12.4 Å². The highest BCUT2D eigenvalue weighted by atomic mass is 35.5. The number of likely N-dealkylation sites (N-methyl/N-ethyl adjacent to an activating group) is 1. The fourth-order valence-corrected chi connectivity index (χ4v) is 2.01. The number of hydrogen-bond donors (Lipinski definition) is 2. The second-order valence-electron chi connectivity index (χ2n) is 4.81. The minimum Gasteiger partial charge on any atom is -0.355 e. The van der Waals surface area contributed by atoms with Crippen LogP contribution in [0.4, 0.5) is 0 Å². The van der Waals surface area contributed by atoms with E-state index < -0.39 is 0 Å². The van der Waals surface area contributed by atoms with E-state index in [4.69, 9.17) is 0 Å². The first-order chi connectivity index (χ1) is 7.25. The molecule has 5 heteroatoms. The van der Waals surface area contributed by atoms with Gasteiger partial charge in [-0.1, -0.05) is 0 Å². The molecule has 4 nitrogen and oxygen atoms in total. The van der Waals surface area contributed by atoms with Crippen LogP contribution in [-0.4, -0.2) is 50.1 Å². The highest BCUT2D eigenvalue weighted by molar-refractivity contribution is 5.85. The van der Waals surface area contributed by atoms with E-state index in [0.29, 0.717) is 12.6 Å². The Kier molecular flexibility index (Phi) is 5.52. The first kappa shape index (κ1) is 13.7. The summed E-state index contributed by atoms with van der Waals surface area (Å²) >= 11 is 0. The van der Waals surface area contributed by atoms with Gasteiger partial charge in [-0.05, 0) is 38.8 Å². The molecule has 16 heavy (non-hydrogen) atoms. The smallest absolute Gasteiger partial charge is 0.234 e. The van der Waals surface area contributed by atoms with Crippen molar-refractivity contribution in [1.82, 2.24) is 15.5 Å². The molecule has 0 aromatic rings. The molecule has 1 saturated heterocycles. The van der Waals surface area contributed by atoms with Gasteiger partial charge >= 0.3 is 0 Å².